The monoisotopic (exact) mass is 341 g/mol. The summed E-state index contributed by atoms with van der Waals surface area (Å²) >= 11 is 0. The first-order valence-corrected chi connectivity index (χ1v) is 8.86. The van der Waals surface area contributed by atoms with Crippen molar-refractivity contribution >= 4 is 6.03 Å². The Morgan fingerprint density at radius 3 is 2.88 bits per heavy atom. The van der Waals surface area contributed by atoms with Gasteiger partial charge in [0.2, 0.25) is 0 Å². The van der Waals surface area contributed by atoms with Gasteiger partial charge in [0.05, 0.1) is 19.3 Å². The molecule has 0 spiro atoms. The molecule has 2 aromatic heterocycles. The van der Waals surface area contributed by atoms with Crippen LogP contribution >= 0.6 is 0 Å². The summed E-state index contributed by atoms with van der Waals surface area (Å²) in [5.41, 5.74) is 0. The van der Waals surface area contributed by atoms with Crippen LogP contribution in [0.25, 0.3) is 0 Å². The second-order valence-electron chi connectivity index (χ2n) is 6.72. The number of urea groups is 1. The van der Waals surface area contributed by atoms with E-state index in [1.165, 1.54) is 0 Å². The Morgan fingerprint density at radius 1 is 1.20 bits per heavy atom. The quantitative estimate of drug-likeness (QED) is 0.857. The first kappa shape index (κ1) is 15.9. The van der Waals surface area contributed by atoms with E-state index in [-0.39, 0.29) is 11.9 Å². The smallest absolute Gasteiger partial charge is 0.320 e. The molecule has 2 aliphatic rings. The molecule has 4 heterocycles. The summed E-state index contributed by atoms with van der Waals surface area (Å²) in [4.78, 5) is 25.3. The Balaban J connectivity index is 1.48. The Kier molecular flexibility index (Phi) is 4.54. The molecule has 2 aliphatic heterocycles. The Hall–Kier alpha value is -2.57. The molecule has 132 valence electrons. The third kappa shape index (κ3) is 3.60. The van der Waals surface area contributed by atoms with Crippen LogP contribution in [-0.2, 0) is 13.1 Å². The normalized spacial score (nSPS) is 20.2. The molecule has 0 N–H and O–H groups in total. The third-order valence-corrected chi connectivity index (χ3v) is 4.83. The summed E-state index contributed by atoms with van der Waals surface area (Å²) < 4.78 is 8.03. The molecular weight excluding hydrogens is 318 g/mol. The summed E-state index contributed by atoms with van der Waals surface area (Å²) in [6, 6.07) is 3.89. The number of hydrogen-bond donors (Lipinski definition) is 0. The number of carbonyl (C=O) groups excluding carboxylic acids is 1. The SMILES string of the molecule is O=C(N1CCCC1)N1Cc2nccn2C[C@H](COc2cccnc2)C1. The zero-order valence-corrected chi connectivity index (χ0v) is 14.3. The predicted octanol–water partition coefficient (Wildman–Crippen LogP) is 2.00. The van der Waals surface area contributed by atoms with Gasteiger partial charge >= 0.3 is 6.03 Å². The topological polar surface area (TPSA) is 63.5 Å². The van der Waals surface area contributed by atoms with E-state index in [1.54, 1.807) is 18.6 Å². The van der Waals surface area contributed by atoms with E-state index in [1.807, 2.05) is 28.1 Å². The minimum Gasteiger partial charge on any atom is -0.492 e. The van der Waals surface area contributed by atoms with Gasteiger partial charge in [0.25, 0.3) is 0 Å². The molecule has 0 bridgehead atoms. The largest absolute Gasteiger partial charge is 0.492 e. The van der Waals surface area contributed by atoms with Crippen LogP contribution in [0.3, 0.4) is 0 Å². The molecule has 1 fully saturated rings. The molecule has 7 nitrogen and oxygen atoms in total. The molecule has 1 saturated heterocycles. The minimum atomic E-state index is 0.125. The maximum absolute atomic E-state index is 12.9. The Bertz CT molecular complexity index is 711. The van der Waals surface area contributed by atoms with Gasteiger partial charge in [-0.05, 0) is 25.0 Å². The second-order valence-corrected chi connectivity index (χ2v) is 6.72. The van der Waals surface area contributed by atoms with Crippen molar-refractivity contribution in [1.82, 2.24) is 24.3 Å². The number of likely N-dealkylation sites (tertiary alicyclic amines) is 1. The third-order valence-electron chi connectivity index (χ3n) is 4.83. The number of amides is 2. The summed E-state index contributed by atoms with van der Waals surface area (Å²) in [6.45, 7) is 4.32. The van der Waals surface area contributed by atoms with Crippen LogP contribution < -0.4 is 4.74 Å². The highest BCUT2D eigenvalue weighted by molar-refractivity contribution is 5.74. The van der Waals surface area contributed by atoms with E-state index >= 15 is 0 Å². The molecule has 0 unspecified atom stereocenters. The van der Waals surface area contributed by atoms with Crippen LogP contribution in [0.1, 0.15) is 18.7 Å². The van der Waals surface area contributed by atoms with E-state index < -0.39 is 0 Å². The van der Waals surface area contributed by atoms with Crippen molar-refractivity contribution in [3.05, 3.63) is 42.7 Å². The van der Waals surface area contributed by atoms with Gasteiger partial charge in [-0.15, -0.1) is 0 Å². The van der Waals surface area contributed by atoms with Gasteiger partial charge < -0.3 is 19.1 Å². The van der Waals surface area contributed by atoms with Crippen LogP contribution in [0, 0.1) is 5.92 Å². The number of rotatable bonds is 3. The number of fused-ring (bicyclic) bond motifs is 1. The van der Waals surface area contributed by atoms with Gasteiger partial charge in [-0.2, -0.15) is 0 Å². The van der Waals surface area contributed by atoms with Crippen LogP contribution in [0.2, 0.25) is 0 Å². The number of nitrogens with zero attached hydrogens (tertiary/aromatic N) is 5. The maximum Gasteiger partial charge on any atom is 0.320 e. The highest BCUT2D eigenvalue weighted by atomic mass is 16.5. The van der Waals surface area contributed by atoms with E-state index in [0.29, 0.717) is 19.7 Å². The van der Waals surface area contributed by atoms with Crippen molar-refractivity contribution < 1.29 is 9.53 Å². The number of imidazole rings is 1. The molecule has 25 heavy (non-hydrogen) atoms. The molecule has 0 saturated carbocycles. The first-order valence-electron chi connectivity index (χ1n) is 8.86. The van der Waals surface area contributed by atoms with Crippen molar-refractivity contribution in [2.45, 2.75) is 25.9 Å². The average molecular weight is 341 g/mol. The Labute approximate surface area is 147 Å². The minimum absolute atomic E-state index is 0.125. The lowest BCUT2D eigenvalue weighted by atomic mass is 10.1. The zero-order valence-electron chi connectivity index (χ0n) is 14.3. The molecule has 2 amide bonds. The van der Waals surface area contributed by atoms with E-state index in [2.05, 4.69) is 14.5 Å². The van der Waals surface area contributed by atoms with Crippen molar-refractivity contribution in [3.8, 4) is 5.75 Å². The lowest BCUT2D eigenvalue weighted by Crippen LogP contribution is -2.43. The number of carbonyl (C=O) groups is 1. The van der Waals surface area contributed by atoms with Gasteiger partial charge in [-0.25, -0.2) is 9.78 Å². The summed E-state index contributed by atoms with van der Waals surface area (Å²) in [7, 11) is 0. The maximum atomic E-state index is 12.9. The molecule has 4 rings (SSSR count). The van der Waals surface area contributed by atoms with Gasteiger partial charge in [-0.1, -0.05) is 0 Å². The van der Waals surface area contributed by atoms with Crippen LogP contribution in [-0.4, -0.2) is 56.6 Å². The highest BCUT2D eigenvalue weighted by Crippen LogP contribution is 2.20. The summed E-state index contributed by atoms with van der Waals surface area (Å²) in [5.74, 6) is 1.91. The molecule has 2 aromatic rings. The van der Waals surface area contributed by atoms with Gasteiger partial charge in [-0.3, -0.25) is 4.98 Å². The van der Waals surface area contributed by atoms with Crippen molar-refractivity contribution in [2.75, 3.05) is 26.2 Å². The van der Waals surface area contributed by atoms with Crippen molar-refractivity contribution in [1.29, 1.82) is 0 Å². The predicted molar refractivity (Wildman–Crippen MR) is 92.1 cm³/mol. The van der Waals surface area contributed by atoms with Gasteiger partial charge in [0, 0.05) is 50.7 Å². The molecule has 1 atom stereocenters. The average Bonchev–Trinajstić information content (AvgIpc) is 3.29. The summed E-state index contributed by atoms with van der Waals surface area (Å²) in [6.07, 6.45) is 9.43. The highest BCUT2D eigenvalue weighted by Gasteiger charge is 2.30. The molecule has 0 aromatic carbocycles. The molecule has 7 heteroatoms. The summed E-state index contributed by atoms with van der Waals surface area (Å²) in [5, 5.41) is 0. The number of aromatic nitrogens is 3. The lowest BCUT2D eigenvalue weighted by Gasteiger charge is -2.28. The number of hydrogen-bond acceptors (Lipinski definition) is 4. The van der Waals surface area contributed by atoms with Crippen LogP contribution in [0.15, 0.2) is 36.9 Å². The first-order chi connectivity index (χ1) is 12.3. The van der Waals surface area contributed by atoms with Crippen molar-refractivity contribution in [3.63, 3.8) is 0 Å². The molecule has 0 radical (unpaired) electrons. The molecular formula is C18H23N5O2. The fourth-order valence-electron chi connectivity index (χ4n) is 3.55. The van der Waals surface area contributed by atoms with Gasteiger partial charge in [0.1, 0.15) is 11.6 Å². The lowest BCUT2D eigenvalue weighted by molar-refractivity contribution is 0.140. The molecule has 0 aliphatic carbocycles. The Morgan fingerprint density at radius 2 is 2.08 bits per heavy atom. The van der Waals surface area contributed by atoms with Crippen LogP contribution in [0.5, 0.6) is 5.75 Å². The second kappa shape index (κ2) is 7.13. The standard InChI is InChI=1S/C18H23N5O2/c24-18(21-7-1-2-8-21)23-12-15(11-22-9-6-20-17(22)13-23)14-25-16-4-3-5-19-10-16/h3-6,9-10,15H,1-2,7-8,11-14H2/t15-/m0/s1. The fourth-order valence-corrected chi connectivity index (χ4v) is 3.55. The zero-order chi connectivity index (χ0) is 17.1. The fraction of sp³-hybridized carbons (Fsp3) is 0.500. The van der Waals surface area contributed by atoms with E-state index in [4.69, 9.17) is 4.74 Å². The van der Waals surface area contributed by atoms with Gasteiger partial charge in [0.15, 0.2) is 0 Å². The van der Waals surface area contributed by atoms with Crippen LogP contribution in [0.4, 0.5) is 4.79 Å². The number of ether oxygens (including phenoxy) is 1. The number of pyridine rings is 1. The van der Waals surface area contributed by atoms with E-state index in [0.717, 1.165) is 44.0 Å². The van der Waals surface area contributed by atoms with Crippen molar-refractivity contribution in [2.24, 2.45) is 5.92 Å². The van der Waals surface area contributed by atoms with E-state index in [9.17, 15) is 4.79 Å².